The number of furan rings is 1. The normalized spacial score (nSPS) is 22.5. The molecule has 0 saturated carbocycles. The van der Waals surface area contributed by atoms with E-state index in [0.717, 1.165) is 17.8 Å². The van der Waals surface area contributed by atoms with Crippen molar-refractivity contribution in [2.45, 2.75) is 11.2 Å². The van der Waals surface area contributed by atoms with Crippen LogP contribution in [0.25, 0.3) is 5.57 Å². The van der Waals surface area contributed by atoms with Gasteiger partial charge in [0, 0.05) is 10.4 Å². The molecule has 0 aromatic carbocycles. The standard InChI is InChI=1S/C10H8Br2O/c11-8-4-7(5-9(12)6-8)10-2-1-3-13-10/h1-5,8H,6H2. The minimum atomic E-state index is 0.395. The minimum Gasteiger partial charge on any atom is -0.464 e. The van der Waals surface area contributed by atoms with Crippen LogP contribution in [0.2, 0.25) is 0 Å². The molecule has 68 valence electrons. The van der Waals surface area contributed by atoms with Crippen molar-refractivity contribution < 1.29 is 4.42 Å². The minimum absolute atomic E-state index is 0.395. The molecule has 0 fully saturated rings. The highest BCUT2D eigenvalue weighted by Crippen LogP contribution is 2.31. The van der Waals surface area contributed by atoms with Crippen molar-refractivity contribution in [3.8, 4) is 0 Å². The van der Waals surface area contributed by atoms with Crippen molar-refractivity contribution in [3.63, 3.8) is 0 Å². The van der Waals surface area contributed by atoms with Crippen LogP contribution < -0.4 is 0 Å². The van der Waals surface area contributed by atoms with E-state index in [9.17, 15) is 0 Å². The van der Waals surface area contributed by atoms with E-state index >= 15 is 0 Å². The topological polar surface area (TPSA) is 13.1 Å². The molecule has 1 heterocycles. The Hall–Kier alpha value is -0.280. The summed E-state index contributed by atoms with van der Waals surface area (Å²) < 4.78 is 6.51. The zero-order valence-corrected chi connectivity index (χ0v) is 10.0. The molecule has 1 unspecified atom stereocenters. The average molecular weight is 304 g/mol. The van der Waals surface area contributed by atoms with E-state index < -0.39 is 0 Å². The van der Waals surface area contributed by atoms with Gasteiger partial charge in [0.1, 0.15) is 5.76 Å². The van der Waals surface area contributed by atoms with Crippen LogP contribution in [0.5, 0.6) is 0 Å². The summed E-state index contributed by atoms with van der Waals surface area (Å²) in [7, 11) is 0. The third-order valence-corrected chi connectivity index (χ3v) is 3.01. The van der Waals surface area contributed by atoms with Gasteiger partial charge in [0.05, 0.1) is 6.26 Å². The molecule has 0 N–H and O–H groups in total. The SMILES string of the molecule is BrC1=CC(c2ccco2)=CC(Br)C1. The number of allylic oxidation sites excluding steroid dienone is 4. The summed E-state index contributed by atoms with van der Waals surface area (Å²) in [6.45, 7) is 0. The molecule has 0 amide bonds. The number of rotatable bonds is 1. The van der Waals surface area contributed by atoms with Crippen LogP contribution in [-0.4, -0.2) is 4.83 Å². The maximum Gasteiger partial charge on any atom is 0.133 e. The lowest BCUT2D eigenvalue weighted by molar-refractivity contribution is 0.553. The lowest BCUT2D eigenvalue weighted by atomic mass is 10.1. The zero-order valence-electron chi connectivity index (χ0n) is 6.84. The van der Waals surface area contributed by atoms with Gasteiger partial charge in [0.25, 0.3) is 0 Å². The van der Waals surface area contributed by atoms with Crippen LogP contribution in [0.3, 0.4) is 0 Å². The molecule has 0 saturated heterocycles. The number of hydrogen-bond acceptors (Lipinski definition) is 1. The Kier molecular flexibility index (Phi) is 2.74. The van der Waals surface area contributed by atoms with E-state index in [1.807, 2.05) is 12.1 Å². The van der Waals surface area contributed by atoms with Crippen LogP contribution in [0.4, 0.5) is 0 Å². The molecule has 2 rings (SSSR count). The van der Waals surface area contributed by atoms with Gasteiger partial charge in [-0.05, 0) is 29.1 Å². The predicted molar refractivity (Wildman–Crippen MR) is 61.0 cm³/mol. The van der Waals surface area contributed by atoms with Crippen molar-refractivity contribution in [2.75, 3.05) is 0 Å². The van der Waals surface area contributed by atoms with E-state index in [2.05, 4.69) is 44.0 Å². The van der Waals surface area contributed by atoms with Crippen LogP contribution in [0, 0.1) is 0 Å². The Morgan fingerprint density at radius 2 is 2.31 bits per heavy atom. The van der Waals surface area contributed by atoms with Gasteiger partial charge in [-0.3, -0.25) is 0 Å². The molecule has 0 spiro atoms. The Balaban J connectivity index is 2.34. The molecule has 0 bridgehead atoms. The van der Waals surface area contributed by atoms with Crippen molar-refractivity contribution in [3.05, 3.63) is 40.8 Å². The van der Waals surface area contributed by atoms with E-state index in [4.69, 9.17) is 4.42 Å². The van der Waals surface area contributed by atoms with Gasteiger partial charge >= 0.3 is 0 Å². The summed E-state index contributed by atoms with van der Waals surface area (Å²) in [5.41, 5.74) is 1.13. The number of hydrogen-bond donors (Lipinski definition) is 0. The van der Waals surface area contributed by atoms with Crippen molar-refractivity contribution in [1.82, 2.24) is 0 Å². The fraction of sp³-hybridized carbons (Fsp3) is 0.200. The maximum atomic E-state index is 5.32. The van der Waals surface area contributed by atoms with E-state index in [1.54, 1.807) is 6.26 Å². The third-order valence-electron chi connectivity index (χ3n) is 1.87. The van der Waals surface area contributed by atoms with E-state index in [1.165, 1.54) is 4.48 Å². The molecular weight excluding hydrogens is 296 g/mol. The third kappa shape index (κ3) is 2.15. The molecule has 1 aromatic rings. The summed E-state index contributed by atoms with van der Waals surface area (Å²) in [5, 5.41) is 0. The Morgan fingerprint density at radius 3 is 2.92 bits per heavy atom. The van der Waals surface area contributed by atoms with Crippen LogP contribution in [-0.2, 0) is 0 Å². The summed E-state index contributed by atoms with van der Waals surface area (Å²) >= 11 is 7.07. The molecule has 1 aliphatic rings. The van der Waals surface area contributed by atoms with Gasteiger partial charge in [-0.1, -0.05) is 37.9 Å². The monoisotopic (exact) mass is 302 g/mol. The molecule has 13 heavy (non-hydrogen) atoms. The van der Waals surface area contributed by atoms with Crippen LogP contribution >= 0.6 is 31.9 Å². The molecule has 3 heteroatoms. The molecule has 0 radical (unpaired) electrons. The highest BCUT2D eigenvalue weighted by molar-refractivity contribution is 9.12. The van der Waals surface area contributed by atoms with Gasteiger partial charge in [-0.15, -0.1) is 0 Å². The molecule has 1 aromatic heterocycles. The Labute approximate surface area is 93.8 Å². The maximum absolute atomic E-state index is 5.32. The first-order chi connectivity index (χ1) is 6.25. The largest absolute Gasteiger partial charge is 0.464 e. The first-order valence-electron chi connectivity index (χ1n) is 4.01. The first kappa shape index (κ1) is 9.28. The lowest BCUT2D eigenvalue weighted by Gasteiger charge is -2.12. The van der Waals surface area contributed by atoms with Gasteiger partial charge in [-0.25, -0.2) is 0 Å². The zero-order chi connectivity index (χ0) is 9.26. The fourth-order valence-electron chi connectivity index (χ4n) is 1.31. The van der Waals surface area contributed by atoms with Gasteiger partial charge < -0.3 is 4.42 Å². The molecular formula is C10H8Br2O. The van der Waals surface area contributed by atoms with Gasteiger partial charge in [0.15, 0.2) is 0 Å². The number of halogens is 2. The quantitative estimate of drug-likeness (QED) is 0.712. The first-order valence-corrected chi connectivity index (χ1v) is 5.72. The predicted octanol–water partition coefficient (Wildman–Crippen LogP) is 4.11. The van der Waals surface area contributed by atoms with E-state index in [0.29, 0.717) is 4.83 Å². The summed E-state index contributed by atoms with van der Waals surface area (Å²) in [4.78, 5) is 0.395. The van der Waals surface area contributed by atoms with Crippen LogP contribution in [0.1, 0.15) is 12.2 Å². The smallest absolute Gasteiger partial charge is 0.133 e. The molecule has 1 nitrogen and oxygen atoms in total. The lowest BCUT2D eigenvalue weighted by Crippen LogP contribution is -1.99. The van der Waals surface area contributed by atoms with Crippen LogP contribution in [0.15, 0.2) is 39.4 Å². The van der Waals surface area contributed by atoms with Crippen molar-refractivity contribution >= 4 is 37.4 Å². The average Bonchev–Trinajstić information content (AvgIpc) is 2.53. The second-order valence-electron chi connectivity index (χ2n) is 2.91. The van der Waals surface area contributed by atoms with Gasteiger partial charge in [-0.2, -0.15) is 0 Å². The fourth-order valence-corrected chi connectivity index (χ4v) is 2.98. The Morgan fingerprint density at radius 1 is 1.46 bits per heavy atom. The second kappa shape index (κ2) is 3.84. The summed E-state index contributed by atoms with van der Waals surface area (Å²) in [6, 6.07) is 3.86. The van der Waals surface area contributed by atoms with E-state index in [-0.39, 0.29) is 0 Å². The highest BCUT2D eigenvalue weighted by atomic mass is 79.9. The Bertz CT molecular complexity index is 349. The van der Waals surface area contributed by atoms with Gasteiger partial charge in [0.2, 0.25) is 0 Å². The summed E-state index contributed by atoms with van der Waals surface area (Å²) in [6.07, 6.45) is 6.94. The molecule has 0 aliphatic heterocycles. The molecule has 1 atom stereocenters. The van der Waals surface area contributed by atoms with Crippen molar-refractivity contribution in [2.24, 2.45) is 0 Å². The summed E-state index contributed by atoms with van der Waals surface area (Å²) in [5.74, 6) is 0.918. The van der Waals surface area contributed by atoms with Crippen molar-refractivity contribution in [1.29, 1.82) is 0 Å². The number of alkyl halides is 1. The highest BCUT2D eigenvalue weighted by Gasteiger charge is 2.13. The molecule has 1 aliphatic carbocycles. The second-order valence-corrected chi connectivity index (χ2v) is 5.11.